The van der Waals surface area contributed by atoms with Crippen LogP contribution in [-0.2, 0) is 28.9 Å². The maximum Gasteiger partial charge on any atom is 0.246 e. The Labute approximate surface area is 207 Å². The van der Waals surface area contributed by atoms with E-state index in [-0.39, 0.29) is 18.2 Å². The molecule has 0 aliphatic heterocycles. The predicted molar refractivity (Wildman–Crippen MR) is 137 cm³/mol. The summed E-state index contributed by atoms with van der Waals surface area (Å²) in [4.78, 5) is 32.2. The molecule has 8 heteroatoms. The van der Waals surface area contributed by atoms with Gasteiger partial charge in [0.15, 0.2) is 4.96 Å². The van der Waals surface area contributed by atoms with Gasteiger partial charge in [-0.2, -0.15) is 0 Å². The van der Waals surface area contributed by atoms with Crippen LogP contribution in [-0.4, -0.2) is 27.2 Å². The molecular formula is C26H25ClN4O2S. The lowest BCUT2D eigenvalue weighted by atomic mass is 10.0. The maximum atomic E-state index is 12.6. The molecule has 0 saturated carbocycles. The Morgan fingerprint density at radius 3 is 2.74 bits per heavy atom. The van der Waals surface area contributed by atoms with Crippen LogP contribution < -0.4 is 10.6 Å². The Bertz CT molecular complexity index is 1360. The third-order valence-corrected chi connectivity index (χ3v) is 7.43. The summed E-state index contributed by atoms with van der Waals surface area (Å²) < 4.78 is 2.23. The van der Waals surface area contributed by atoms with Gasteiger partial charge in [-0.05, 0) is 62.4 Å². The number of carbonyl (C=O) groups is 2. The van der Waals surface area contributed by atoms with Crippen LogP contribution in [0.5, 0.6) is 0 Å². The molecular weight excluding hydrogens is 468 g/mol. The number of hydrogen-bond donors (Lipinski definition) is 2. The largest absolute Gasteiger partial charge is 0.344 e. The smallest absolute Gasteiger partial charge is 0.246 e. The lowest BCUT2D eigenvalue weighted by Crippen LogP contribution is -2.42. The Kier molecular flexibility index (Phi) is 6.39. The zero-order valence-corrected chi connectivity index (χ0v) is 20.4. The van der Waals surface area contributed by atoms with Gasteiger partial charge < -0.3 is 10.6 Å². The van der Waals surface area contributed by atoms with E-state index in [1.54, 1.807) is 36.5 Å². The highest BCUT2D eigenvalue weighted by atomic mass is 35.5. The van der Waals surface area contributed by atoms with E-state index in [9.17, 15) is 9.59 Å². The number of amides is 2. The van der Waals surface area contributed by atoms with Crippen LogP contribution >= 0.6 is 22.9 Å². The zero-order valence-electron chi connectivity index (χ0n) is 18.8. The molecule has 6 nitrogen and oxygen atoms in total. The van der Waals surface area contributed by atoms with Crippen molar-refractivity contribution in [1.29, 1.82) is 0 Å². The van der Waals surface area contributed by atoms with Crippen molar-refractivity contribution < 1.29 is 9.59 Å². The second-order valence-electron chi connectivity index (χ2n) is 8.62. The van der Waals surface area contributed by atoms with E-state index in [0.717, 1.165) is 34.6 Å². The Morgan fingerprint density at radius 1 is 1.15 bits per heavy atom. The summed E-state index contributed by atoms with van der Waals surface area (Å²) in [5, 5.41) is 6.18. The number of aryl methyl sites for hydroxylation is 2. The van der Waals surface area contributed by atoms with E-state index in [2.05, 4.69) is 21.2 Å². The summed E-state index contributed by atoms with van der Waals surface area (Å²) in [6.07, 6.45) is 7.05. The second-order valence-corrected chi connectivity index (χ2v) is 10.1. The fourth-order valence-electron chi connectivity index (χ4n) is 4.27. The van der Waals surface area contributed by atoms with Gasteiger partial charge in [0.05, 0.1) is 12.1 Å². The fraction of sp³-hybridized carbons (Fsp3) is 0.269. The minimum Gasteiger partial charge on any atom is -0.344 e. The number of carbonyl (C=O) groups excluding carboxylic acids is 2. The summed E-state index contributed by atoms with van der Waals surface area (Å²) in [5.74, 6) is -0.511. The number of rotatable bonds is 6. The van der Waals surface area contributed by atoms with Gasteiger partial charge in [-0.25, -0.2) is 4.98 Å². The van der Waals surface area contributed by atoms with E-state index in [1.807, 2.05) is 30.3 Å². The highest BCUT2D eigenvalue weighted by Crippen LogP contribution is 2.32. The van der Waals surface area contributed by atoms with Crippen molar-refractivity contribution in [3.05, 3.63) is 75.9 Å². The topological polar surface area (TPSA) is 75.5 Å². The number of hydrogen-bond acceptors (Lipinski definition) is 4. The lowest BCUT2D eigenvalue weighted by Gasteiger charge is -2.14. The van der Waals surface area contributed by atoms with Crippen LogP contribution in [0.25, 0.3) is 16.2 Å². The molecule has 2 aromatic carbocycles. The summed E-state index contributed by atoms with van der Waals surface area (Å²) >= 11 is 7.76. The van der Waals surface area contributed by atoms with Crippen molar-refractivity contribution in [2.45, 2.75) is 45.1 Å². The summed E-state index contributed by atoms with van der Waals surface area (Å²) in [7, 11) is 0. The quantitative estimate of drug-likeness (QED) is 0.384. The van der Waals surface area contributed by atoms with Gasteiger partial charge in [0.2, 0.25) is 11.8 Å². The van der Waals surface area contributed by atoms with Gasteiger partial charge in [-0.15, -0.1) is 11.3 Å². The highest BCUT2D eigenvalue weighted by Gasteiger charge is 2.19. The number of imidazole rings is 1. The Morgan fingerprint density at radius 2 is 1.94 bits per heavy atom. The highest BCUT2D eigenvalue weighted by molar-refractivity contribution is 7.17. The molecule has 0 unspecified atom stereocenters. The molecule has 0 saturated heterocycles. The predicted octanol–water partition coefficient (Wildman–Crippen LogP) is 5.28. The molecule has 2 heterocycles. The molecule has 5 rings (SSSR count). The number of fused-ring (bicyclic) bond motifs is 3. The van der Waals surface area contributed by atoms with Crippen LogP contribution in [0.1, 0.15) is 35.9 Å². The molecule has 174 valence electrons. The molecule has 1 aliphatic carbocycles. The maximum absolute atomic E-state index is 12.6. The number of nitrogens with one attached hydrogen (secondary N) is 2. The number of halogens is 1. The third kappa shape index (κ3) is 4.86. The van der Waals surface area contributed by atoms with Crippen molar-refractivity contribution in [2.75, 3.05) is 5.32 Å². The normalized spacial score (nSPS) is 13.9. The van der Waals surface area contributed by atoms with E-state index < -0.39 is 6.04 Å². The fourth-order valence-corrected chi connectivity index (χ4v) is 5.67. The molecule has 0 spiro atoms. The molecule has 2 N–H and O–H groups in total. The third-order valence-electron chi connectivity index (χ3n) is 6.04. The van der Waals surface area contributed by atoms with Crippen molar-refractivity contribution in [3.63, 3.8) is 0 Å². The SMILES string of the molecule is C[C@H](NC(=O)Cc1cccc(Cl)c1)C(=O)Nc1ccc(-c2cn3c4c(sc3n2)CCCC4)cc1. The molecule has 0 radical (unpaired) electrons. The van der Waals surface area contributed by atoms with Crippen molar-refractivity contribution in [2.24, 2.45) is 0 Å². The number of anilines is 1. The Balaban J connectivity index is 1.20. The molecule has 4 aromatic rings. The van der Waals surface area contributed by atoms with Crippen LogP contribution in [0.4, 0.5) is 5.69 Å². The molecule has 0 bridgehead atoms. The minimum absolute atomic E-state index is 0.165. The first-order chi connectivity index (χ1) is 16.5. The van der Waals surface area contributed by atoms with Crippen molar-refractivity contribution >= 4 is 45.4 Å². The molecule has 1 aliphatic rings. The number of nitrogens with zero attached hydrogens (tertiary/aromatic N) is 2. The second kappa shape index (κ2) is 9.60. The van der Waals surface area contributed by atoms with E-state index in [4.69, 9.17) is 16.6 Å². The molecule has 1 atom stereocenters. The molecule has 2 amide bonds. The van der Waals surface area contributed by atoms with E-state index in [1.165, 1.54) is 23.4 Å². The first kappa shape index (κ1) is 22.6. The van der Waals surface area contributed by atoms with Gasteiger partial charge in [0.1, 0.15) is 6.04 Å². The number of benzene rings is 2. The first-order valence-corrected chi connectivity index (χ1v) is 12.6. The van der Waals surface area contributed by atoms with Gasteiger partial charge in [0, 0.05) is 33.0 Å². The van der Waals surface area contributed by atoms with Crippen LogP contribution in [0.15, 0.2) is 54.7 Å². The van der Waals surface area contributed by atoms with Gasteiger partial charge in [-0.3, -0.25) is 14.0 Å². The summed E-state index contributed by atoms with van der Waals surface area (Å²) in [5.41, 5.74) is 4.80. The first-order valence-electron chi connectivity index (χ1n) is 11.4. The van der Waals surface area contributed by atoms with Gasteiger partial charge in [0.25, 0.3) is 0 Å². The van der Waals surface area contributed by atoms with Crippen LogP contribution in [0.3, 0.4) is 0 Å². The van der Waals surface area contributed by atoms with Crippen LogP contribution in [0.2, 0.25) is 5.02 Å². The van der Waals surface area contributed by atoms with E-state index in [0.29, 0.717) is 10.7 Å². The summed E-state index contributed by atoms with van der Waals surface area (Å²) in [6.45, 7) is 1.66. The van der Waals surface area contributed by atoms with Crippen LogP contribution in [0, 0.1) is 0 Å². The zero-order chi connectivity index (χ0) is 23.7. The standard InChI is InChI=1S/C26H25ClN4O2S/c1-16(28-24(32)14-17-5-4-6-19(27)13-17)25(33)29-20-11-9-18(10-12-20)21-15-31-22-7-2-3-8-23(22)34-26(31)30-21/h4-6,9-13,15-16H,2-3,7-8,14H2,1H3,(H,28,32)(H,29,33)/t16-/m0/s1. The average molecular weight is 493 g/mol. The van der Waals surface area contributed by atoms with Gasteiger partial charge in [-0.1, -0.05) is 35.9 Å². The molecule has 2 aromatic heterocycles. The van der Waals surface area contributed by atoms with Crippen molar-refractivity contribution in [1.82, 2.24) is 14.7 Å². The van der Waals surface area contributed by atoms with Crippen molar-refractivity contribution in [3.8, 4) is 11.3 Å². The molecule has 0 fully saturated rings. The summed E-state index contributed by atoms with van der Waals surface area (Å²) in [6, 6.07) is 14.1. The monoisotopic (exact) mass is 492 g/mol. The Hall–Kier alpha value is -3.16. The number of aromatic nitrogens is 2. The average Bonchev–Trinajstić information content (AvgIpc) is 3.38. The lowest BCUT2D eigenvalue weighted by molar-refractivity contribution is -0.125. The number of thiazole rings is 1. The van der Waals surface area contributed by atoms with E-state index >= 15 is 0 Å². The molecule has 34 heavy (non-hydrogen) atoms. The van der Waals surface area contributed by atoms with Gasteiger partial charge >= 0.3 is 0 Å². The minimum atomic E-state index is -0.669.